The van der Waals surface area contributed by atoms with Gasteiger partial charge in [0.2, 0.25) is 5.95 Å². The van der Waals surface area contributed by atoms with E-state index in [4.69, 9.17) is 5.26 Å². The monoisotopic (exact) mass is 379 g/mol. The Bertz CT molecular complexity index is 854. The highest BCUT2D eigenvalue weighted by molar-refractivity contribution is 5.65. The molecule has 0 saturated heterocycles. The van der Waals surface area contributed by atoms with E-state index in [1.54, 1.807) is 6.07 Å². The number of benzene rings is 1. The number of anilines is 3. The molecule has 1 aromatic heterocycles. The normalized spacial score (nSPS) is 15.2. The van der Waals surface area contributed by atoms with Crippen molar-refractivity contribution in [3.8, 4) is 6.07 Å². The molecule has 1 aliphatic carbocycles. The van der Waals surface area contributed by atoms with Gasteiger partial charge in [-0.15, -0.1) is 0 Å². The van der Waals surface area contributed by atoms with E-state index in [1.807, 2.05) is 0 Å². The third kappa shape index (κ3) is 4.64. The highest BCUT2D eigenvalue weighted by Gasteiger charge is 2.34. The van der Waals surface area contributed by atoms with E-state index in [0.717, 1.165) is 44.2 Å². The second-order valence-corrected chi connectivity index (χ2v) is 6.34. The van der Waals surface area contributed by atoms with E-state index in [-0.39, 0.29) is 29.1 Å². The zero-order valence-corrected chi connectivity index (χ0v) is 14.3. The molecule has 3 rings (SSSR count). The van der Waals surface area contributed by atoms with Gasteiger partial charge in [0, 0.05) is 12.1 Å². The summed E-state index contributed by atoms with van der Waals surface area (Å²) in [5, 5.41) is 14.6. The van der Waals surface area contributed by atoms with Crippen LogP contribution in [0.3, 0.4) is 0 Å². The maximum Gasteiger partial charge on any atom is 0.433 e. The number of nitrogens with zero attached hydrogens (tertiary/aromatic N) is 3. The zero-order chi connectivity index (χ0) is 19.4. The molecule has 2 N–H and O–H groups in total. The molecule has 0 atom stereocenters. The molecule has 0 unspecified atom stereocenters. The lowest BCUT2D eigenvalue weighted by atomic mass is 9.96. The molecule has 0 bridgehead atoms. The van der Waals surface area contributed by atoms with Gasteiger partial charge in [0.05, 0.1) is 5.69 Å². The molecule has 0 amide bonds. The molecule has 0 radical (unpaired) electrons. The van der Waals surface area contributed by atoms with Crippen molar-refractivity contribution in [3.63, 3.8) is 0 Å². The number of nitriles is 1. The lowest BCUT2D eigenvalue weighted by Gasteiger charge is -2.23. The largest absolute Gasteiger partial charge is 0.433 e. The van der Waals surface area contributed by atoms with Crippen LogP contribution in [-0.4, -0.2) is 16.0 Å². The topological polar surface area (TPSA) is 73.6 Å². The van der Waals surface area contributed by atoms with Crippen LogP contribution in [0, 0.1) is 17.1 Å². The Kier molecular flexibility index (Phi) is 5.44. The summed E-state index contributed by atoms with van der Waals surface area (Å²) in [6.07, 6.45) is 0.107. The lowest BCUT2D eigenvalue weighted by molar-refractivity contribution is -0.141. The van der Waals surface area contributed by atoms with E-state index in [2.05, 4.69) is 20.6 Å². The van der Waals surface area contributed by atoms with Crippen molar-refractivity contribution in [1.82, 2.24) is 9.97 Å². The number of rotatable bonds is 4. The standard InChI is InChI=1S/C18H17F4N5/c19-13-7-4-8-14(12(13)10-23)25-16-9-15(18(20,21)22)26-17(27-16)24-11-5-2-1-3-6-11/h4,7-9,11H,1-3,5-6H2,(H2,24,25,26,27). The number of hydrogen-bond donors (Lipinski definition) is 2. The van der Waals surface area contributed by atoms with Gasteiger partial charge >= 0.3 is 6.18 Å². The maximum atomic E-state index is 13.7. The zero-order valence-electron chi connectivity index (χ0n) is 14.3. The molecule has 2 aromatic rings. The minimum absolute atomic E-state index is 0.0129. The van der Waals surface area contributed by atoms with Crippen LogP contribution in [-0.2, 0) is 6.18 Å². The molecular formula is C18H17F4N5. The van der Waals surface area contributed by atoms with E-state index >= 15 is 0 Å². The van der Waals surface area contributed by atoms with Crippen molar-refractivity contribution in [1.29, 1.82) is 5.26 Å². The van der Waals surface area contributed by atoms with Gasteiger partial charge in [-0.3, -0.25) is 0 Å². The van der Waals surface area contributed by atoms with Crippen LogP contribution >= 0.6 is 0 Å². The molecule has 1 aromatic carbocycles. The first kappa shape index (κ1) is 18.9. The van der Waals surface area contributed by atoms with Gasteiger partial charge in [0.15, 0.2) is 5.69 Å². The van der Waals surface area contributed by atoms with E-state index in [9.17, 15) is 17.6 Å². The number of aromatic nitrogens is 2. The number of nitrogens with one attached hydrogen (secondary N) is 2. The Hall–Kier alpha value is -2.89. The summed E-state index contributed by atoms with van der Waals surface area (Å²) in [5.74, 6) is -1.08. The van der Waals surface area contributed by atoms with Crippen molar-refractivity contribution in [2.45, 2.75) is 44.3 Å². The number of hydrogen-bond acceptors (Lipinski definition) is 5. The van der Waals surface area contributed by atoms with Crippen LogP contribution in [0.2, 0.25) is 0 Å². The van der Waals surface area contributed by atoms with Crippen molar-refractivity contribution in [3.05, 3.63) is 41.3 Å². The molecule has 142 valence electrons. The Labute approximate surface area is 153 Å². The van der Waals surface area contributed by atoms with Crippen molar-refractivity contribution in [2.24, 2.45) is 0 Å². The summed E-state index contributed by atoms with van der Waals surface area (Å²) < 4.78 is 53.4. The average molecular weight is 379 g/mol. The maximum absolute atomic E-state index is 13.7. The highest BCUT2D eigenvalue weighted by Crippen LogP contribution is 2.31. The van der Waals surface area contributed by atoms with Gasteiger partial charge in [0.25, 0.3) is 0 Å². The van der Waals surface area contributed by atoms with Gasteiger partial charge < -0.3 is 10.6 Å². The Morgan fingerprint density at radius 3 is 2.52 bits per heavy atom. The van der Waals surface area contributed by atoms with Crippen molar-refractivity contribution >= 4 is 17.5 Å². The lowest BCUT2D eigenvalue weighted by Crippen LogP contribution is -2.24. The summed E-state index contributed by atoms with van der Waals surface area (Å²) in [6, 6.07) is 6.28. The first-order chi connectivity index (χ1) is 12.9. The molecule has 0 spiro atoms. The molecular weight excluding hydrogens is 362 g/mol. The molecule has 9 heteroatoms. The van der Waals surface area contributed by atoms with Gasteiger partial charge in [-0.05, 0) is 25.0 Å². The Balaban J connectivity index is 1.93. The van der Waals surface area contributed by atoms with E-state index < -0.39 is 17.7 Å². The van der Waals surface area contributed by atoms with Gasteiger partial charge in [-0.2, -0.15) is 23.4 Å². The first-order valence-electron chi connectivity index (χ1n) is 8.55. The molecule has 5 nitrogen and oxygen atoms in total. The third-order valence-corrected chi connectivity index (χ3v) is 4.34. The molecule has 1 aliphatic rings. The molecule has 1 heterocycles. The Morgan fingerprint density at radius 2 is 1.85 bits per heavy atom. The van der Waals surface area contributed by atoms with Crippen LogP contribution < -0.4 is 10.6 Å². The fourth-order valence-electron chi connectivity index (χ4n) is 3.03. The van der Waals surface area contributed by atoms with Crippen LogP contribution in [0.1, 0.15) is 43.4 Å². The van der Waals surface area contributed by atoms with Crippen LogP contribution in [0.5, 0.6) is 0 Å². The summed E-state index contributed by atoms with van der Waals surface area (Å²) >= 11 is 0. The molecule has 1 fully saturated rings. The van der Waals surface area contributed by atoms with Crippen molar-refractivity contribution in [2.75, 3.05) is 10.6 Å². The van der Waals surface area contributed by atoms with E-state index in [0.29, 0.717) is 0 Å². The highest BCUT2D eigenvalue weighted by atomic mass is 19.4. The second kappa shape index (κ2) is 7.78. The van der Waals surface area contributed by atoms with E-state index in [1.165, 1.54) is 12.1 Å². The fourth-order valence-corrected chi connectivity index (χ4v) is 3.03. The number of halogens is 4. The first-order valence-corrected chi connectivity index (χ1v) is 8.55. The van der Waals surface area contributed by atoms with Crippen LogP contribution in [0.4, 0.5) is 35.0 Å². The summed E-state index contributed by atoms with van der Waals surface area (Å²) in [6.45, 7) is 0. The van der Waals surface area contributed by atoms with Gasteiger partial charge in [0.1, 0.15) is 23.3 Å². The van der Waals surface area contributed by atoms with Gasteiger partial charge in [-0.1, -0.05) is 25.3 Å². The average Bonchev–Trinajstić information content (AvgIpc) is 2.62. The minimum Gasteiger partial charge on any atom is -0.351 e. The summed E-state index contributed by atoms with van der Waals surface area (Å²) in [5.41, 5.74) is -1.38. The molecule has 27 heavy (non-hydrogen) atoms. The quantitative estimate of drug-likeness (QED) is 0.732. The minimum atomic E-state index is -4.66. The van der Waals surface area contributed by atoms with Crippen molar-refractivity contribution < 1.29 is 17.6 Å². The third-order valence-electron chi connectivity index (χ3n) is 4.34. The number of alkyl halides is 3. The summed E-state index contributed by atoms with van der Waals surface area (Å²) in [4.78, 5) is 7.65. The predicted octanol–water partition coefficient (Wildman–Crippen LogP) is 4.99. The van der Waals surface area contributed by atoms with Crippen LogP contribution in [0.15, 0.2) is 24.3 Å². The van der Waals surface area contributed by atoms with Crippen LogP contribution in [0.25, 0.3) is 0 Å². The summed E-state index contributed by atoms with van der Waals surface area (Å²) in [7, 11) is 0. The SMILES string of the molecule is N#Cc1c(F)cccc1Nc1cc(C(F)(F)F)nc(NC2CCCCC2)n1. The molecule has 1 saturated carbocycles. The Morgan fingerprint density at radius 1 is 1.11 bits per heavy atom. The fraction of sp³-hybridized carbons (Fsp3) is 0.389. The predicted molar refractivity (Wildman–Crippen MR) is 91.9 cm³/mol. The smallest absolute Gasteiger partial charge is 0.351 e. The van der Waals surface area contributed by atoms with Gasteiger partial charge in [-0.25, -0.2) is 9.37 Å². The molecule has 0 aliphatic heterocycles. The second-order valence-electron chi connectivity index (χ2n) is 6.34.